The van der Waals surface area contributed by atoms with Crippen molar-refractivity contribution in [1.82, 2.24) is 18.7 Å². The molecule has 1 aliphatic rings. The predicted molar refractivity (Wildman–Crippen MR) is 101 cm³/mol. The number of carbonyl (C=O) groups is 1. The third kappa shape index (κ3) is 4.30. The summed E-state index contributed by atoms with van der Waals surface area (Å²) in [5, 5.41) is 6.69. The van der Waals surface area contributed by atoms with Crippen LogP contribution in [0.15, 0.2) is 29.1 Å². The number of amides is 1. The van der Waals surface area contributed by atoms with Crippen LogP contribution in [0.25, 0.3) is 0 Å². The molecule has 1 fully saturated rings. The monoisotopic (exact) mass is 411 g/mol. The fourth-order valence-electron chi connectivity index (χ4n) is 3.30. The third-order valence-corrected chi connectivity index (χ3v) is 6.11. The molecule has 2 heterocycles. The number of aromatic nitrogens is 3. The van der Waals surface area contributed by atoms with Crippen LogP contribution in [0.3, 0.4) is 0 Å². The predicted octanol–water partition coefficient (Wildman–Crippen LogP) is 0.499. The lowest BCUT2D eigenvalue weighted by molar-refractivity contribution is -0.117. The van der Waals surface area contributed by atoms with Crippen LogP contribution in [0.4, 0.5) is 10.1 Å². The van der Waals surface area contributed by atoms with Gasteiger partial charge in [-0.15, -0.1) is 0 Å². The topological polar surface area (TPSA) is 106 Å². The average molecular weight is 411 g/mol. The number of nitrogens with one attached hydrogen (secondary N) is 1. The summed E-state index contributed by atoms with van der Waals surface area (Å²) in [7, 11) is -1.67. The van der Waals surface area contributed by atoms with Gasteiger partial charge in [0.2, 0.25) is 15.9 Å². The van der Waals surface area contributed by atoms with Gasteiger partial charge >= 0.3 is 5.69 Å². The number of nitrogens with zero attached hydrogens (tertiary/aromatic N) is 4. The van der Waals surface area contributed by atoms with Crippen LogP contribution in [-0.2, 0) is 28.4 Å². The molecule has 0 aliphatic carbocycles. The number of para-hydroxylation sites is 1. The van der Waals surface area contributed by atoms with Crippen LogP contribution in [-0.4, -0.2) is 52.3 Å². The fraction of sp³-hybridized carbons (Fsp3) is 0.471. The Balaban J connectivity index is 1.71. The van der Waals surface area contributed by atoms with Gasteiger partial charge in [0.25, 0.3) is 0 Å². The maximum absolute atomic E-state index is 13.6. The largest absolute Gasteiger partial charge is 0.346 e. The van der Waals surface area contributed by atoms with Crippen LogP contribution in [0, 0.1) is 5.82 Å². The number of anilines is 1. The summed E-state index contributed by atoms with van der Waals surface area (Å²) in [5.41, 5.74) is -0.422. The maximum Gasteiger partial charge on any atom is 0.346 e. The van der Waals surface area contributed by atoms with Crippen molar-refractivity contribution < 1.29 is 17.6 Å². The Morgan fingerprint density at radius 3 is 2.54 bits per heavy atom. The Hall–Kier alpha value is -2.53. The molecule has 11 heteroatoms. The van der Waals surface area contributed by atoms with E-state index in [1.807, 2.05) is 0 Å². The Morgan fingerprint density at radius 1 is 1.29 bits per heavy atom. The van der Waals surface area contributed by atoms with Gasteiger partial charge < -0.3 is 5.32 Å². The highest BCUT2D eigenvalue weighted by molar-refractivity contribution is 7.88. The molecule has 28 heavy (non-hydrogen) atoms. The van der Waals surface area contributed by atoms with E-state index in [1.165, 1.54) is 33.3 Å². The SMILES string of the molecule is Cn1c(C2CCN(S(C)(=O)=O)CC2)nn(CC(=O)Nc2ccccc2F)c1=O. The number of benzene rings is 1. The highest BCUT2D eigenvalue weighted by Gasteiger charge is 2.29. The number of sulfonamides is 1. The first-order chi connectivity index (χ1) is 13.2. The first kappa shape index (κ1) is 20.2. The van der Waals surface area contributed by atoms with Crippen LogP contribution in [0.1, 0.15) is 24.6 Å². The van der Waals surface area contributed by atoms with Gasteiger partial charge in [0.1, 0.15) is 18.2 Å². The standard InChI is InChI=1S/C17H22FN5O4S/c1-21-16(12-7-9-22(10-8-12)28(2,26)27)20-23(17(21)25)11-15(24)19-14-6-4-3-5-13(14)18/h3-6,12H,7-11H2,1-2H3,(H,19,24). The molecule has 1 N–H and O–H groups in total. The number of halogens is 1. The van der Waals surface area contributed by atoms with Crippen LogP contribution in [0.2, 0.25) is 0 Å². The van der Waals surface area contributed by atoms with E-state index in [-0.39, 0.29) is 18.2 Å². The molecule has 1 saturated heterocycles. The molecule has 2 aromatic rings. The molecule has 0 unspecified atom stereocenters. The minimum atomic E-state index is -3.24. The molecule has 9 nitrogen and oxygen atoms in total. The second kappa shape index (κ2) is 7.84. The molecular weight excluding hydrogens is 389 g/mol. The van der Waals surface area contributed by atoms with Crippen molar-refractivity contribution in [2.45, 2.75) is 25.3 Å². The lowest BCUT2D eigenvalue weighted by atomic mass is 9.97. The van der Waals surface area contributed by atoms with Gasteiger partial charge in [-0.2, -0.15) is 5.10 Å². The van der Waals surface area contributed by atoms with Gasteiger partial charge in [0.15, 0.2) is 0 Å². The van der Waals surface area contributed by atoms with Crippen molar-refractivity contribution in [3.8, 4) is 0 Å². The Labute approximate surface area is 161 Å². The summed E-state index contributed by atoms with van der Waals surface area (Å²) in [6, 6.07) is 5.75. The number of carbonyl (C=O) groups excluding carboxylic acids is 1. The van der Waals surface area contributed by atoms with Gasteiger partial charge in [-0.1, -0.05) is 12.1 Å². The highest BCUT2D eigenvalue weighted by atomic mass is 32.2. The Bertz CT molecular complexity index is 1040. The van der Waals surface area contributed by atoms with Crippen LogP contribution >= 0.6 is 0 Å². The first-order valence-electron chi connectivity index (χ1n) is 8.80. The molecule has 0 spiro atoms. The molecule has 1 amide bonds. The summed E-state index contributed by atoms with van der Waals surface area (Å²) >= 11 is 0. The van der Waals surface area contributed by atoms with Crippen molar-refractivity contribution in [2.24, 2.45) is 7.05 Å². The number of hydrogen-bond donors (Lipinski definition) is 1. The van der Waals surface area contributed by atoms with E-state index in [0.717, 1.165) is 4.68 Å². The minimum Gasteiger partial charge on any atom is -0.322 e. The van der Waals surface area contributed by atoms with Crippen molar-refractivity contribution in [3.05, 3.63) is 46.4 Å². The van der Waals surface area contributed by atoms with Gasteiger partial charge in [-0.05, 0) is 25.0 Å². The van der Waals surface area contributed by atoms with E-state index in [4.69, 9.17) is 0 Å². The molecule has 1 aliphatic heterocycles. The normalized spacial score (nSPS) is 16.2. The summed E-state index contributed by atoms with van der Waals surface area (Å²) in [4.78, 5) is 24.6. The molecular formula is C17H22FN5O4S. The summed E-state index contributed by atoms with van der Waals surface area (Å²) in [5.74, 6) is -0.699. The molecule has 152 valence electrons. The van der Waals surface area contributed by atoms with E-state index < -0.39 is 27.4 Å². The Morgan fingerprint density at radius 2 is 1.93 bits per heavy atom. The summed E-state index contributed by atoms with van der Waals surface area (Å²) in [6.07, 6.45) is 2.25. The van der Waals surface area contributed by atoms with Crippen LogP contribution in [0.5, 0.6) is 0 Å². The van der Waals surface area contributed by atoms with Crippen molar-refractivity contribution >= 4 is 21.6 Å². The zero-order valence-corrected chi connectivity index (χ0v) is 16.4. The van der Waals surface area contributed by atoms with Crippen molar-refractivity contribution in [3.63, 3.8) is 0 Å². The molecule has 3 rings (SSSR count). The Kier molecular flexibility index (Phi) is 5.66. The molecule has 0 saturated carbocycles. The van der Waals surface area contributed by atoms with Gasteiger partial charge in [0, 0.05) is 26.1 Å². The second-order valence-electron chi connectivity index (χ2n) is 6.82. The first-order valence-corrected chi connectivity index (χ1v) is 10.6. The van der Waals surface area contributed by atoms with E-state index in [1.54, 1.807) is 13.1 Å². The molecule has 0 bridgehead atoms. The number of hydrogen-bond acceptors (Lipinski definition) is 5. The molecule has 0 atom stereocenters. The van der Waals surface area contributed by atoms with E-state index >= 15 is 0 Å². The van der Waals surface area contributed by atoms with Gasteiger partial charge in [-0.25, -0.2) is 26.6 Å². The van der Waals surface area contributed by atoms with Crippen molar-refractivity contribution in [1.29, 1.82) is 0 Å². The van der Waals surface area contributed by atoms with Gasteiger partial charge in [-0.3, -0.25) is 9.36 Å². The van der Waals surface area contributed by atoms with Gasteiger partial charge in [0.05, 0.1) is 11.9 Å². The summed E-state index contributed by atoms with van der Waals surface area (Å²) in [6.45, 7) is 0.375. The zero-order valence-electron chi connectivity index (χ0n) is 15.6. The van der Waals surface area contributed by atoms with E-state index in [0.29, 0.717) is 31.8 Å². The highest BCUT2D eigenvalue weighted by Crippen LogP contribution is 2.26. The lowest BCUT2D eigenvalue weighted by Gasteiger charge is -2.29. The second-order valence-corrected chi connectivity index (χ2v) is 8.80. The molecule has 0 radical (unpaired) electrons. The third-order valence-electron chi connectivity index (χ3n) is 4.80. The summed E-state index contributed by atoms with van der Waals surface area (Å²) < 4.78 is 40.7. The fourth-order valence-corrected chi connectivity index (χ4v) is 4.17. The van der Waals surface area contributed by atoms with Crippen LogP contribution < -0.4 is 11.0 Å². The quantitative estimate of drug-likeness (QED) is 0.771. The minimum absolute atomic E-state index is 0.0323. The molecule has 1 aromatic carbocycles. The number of piperidine rings is 1. The van der Waals surface area contributed by atoms with E-state index in [2.05, 4.69) is 10.4 Å². The zero-order chi connectivity index (χ0) is 20.5. The van der Waals surface area contributed by atoms with Crippen molar-refractivity contribution in [2.75, 3.05) is 24.7 Å². The van der Waals surface area contributed by atoms with E-state index in [9.17, 15) is 22.4 Å². The average Bonchev–Trinajstić information content (AvgIpc) is 2.91. The maximum atomic E-state index is 13.6. The number of rotatable bonds is 5. The smallest absolute Gasteiger partial charge is 0.322 e. The molecule has 1 aromatic heterocycles. The lowest BCUT2D eigenvalue weighted by Crippen LogP contribution is -2.37.